The van der Waals surface area contributed by atoms with Crippen LogP contribution in [0.4, 0.5) is 0 Å². The van der Waals surface area contributed by atoms with E-state index >= 15 is 0 Å². The van der Waals surface area contributed by atoms with E-state index in [2.05, 4.69) is 0 Å². The van der Waals surface area contributed by atoms with Crippen LogP contribution in [0.2, 0.25) is 0 Å². The molecule has 1 saturated carbocycles. The monoisotopic (exact) mass is 188 g/mol. The molecule has 2 fully saturated rings. The first-order valence-corrected chi connectivity index (χ1v) is 6.63. The van der Waals surface area contributed by atoms with Crippen LogP contribution in [-0.2, 0) is 9.84 Å². The average Bonchev–Trinajstić information content (AvgIpc) is 2.04. The molecular formula is C9H16O2S. The molecule has 0 radical (unpaired) electrons. The van der Waals surface area contributed by atoms with Crippen molar-refractivity contribution in [2.24, 2.45) is 5.92 Å². The third-order valence-electron chi connectivity index (χ3n) is 3.30. The highest BCUT2D eigenvalue weighted by atomic mass is 32.2. The summed E-state index contributed by atoms with van der Waals surface area (Å²) in [5.41, 5.74) is 0. The van der Waals surface area contributed by atoms with Gasteiger partial charge in [0, 0.05) is 0 Å². The first-order valence-electron chi connectivity index (χ1n) is 4.92. The topological polar surface area (TPSA) is 34.1 Å². The molecule has 1 aliphatic carbocycles. The van der Waals surface area contributed by atoms with E-state index in [1.165, 1.54) is 6.42 Å². The SMILES string of the molecule is O=S1(=O)CCC[C@H]2CCCC[C@H]21. The van der Waals surface area contributed by atoms with E-state index in [0.717, 1.165) is 32.1 Å². The van der Waals surface area contributed by atoms with Gasteiger partial charge in [-0.05, 0) is 31.6 Å². The maximum Gasteiger partial charge on any atom is 0.153 e. The van der Waals surface area contributed by atoms with Crippen molar-refractivity contribution in [3.8, 4) is 0 Å². The molecule has 2 atom stereocenters. The van der Waals surface area contributed by atoms with Crippen molar-refractivity contribution in [3.05, 3.63) is 0 Å². The molecular weight excluding hydrogens is 172 g/mol. The summed E-state index contributed by atoms with van der Waals surface area (Å²) in [4.78, 5) is 0. The van der Waals surface area contributed by atoms with Crippen LogP contribution in [-0.4, -0.2) is 19.4 Å². The number of rotatable bonds is 0. The van der Waals surface area contributed by atoms with Gasteiger partial charge in [-0.15, -0.1) is 0 Å². The van der Waals surface area contributed by atoms with E-state index in [9.17, 15) is 8.42 Å². The lowest BCUT2D eigenvalue weighted by molar-refractivity contribution is 0.323. The van der Waals surface area contributed by atoms with E-state index in [1.807, 2.05) is 0 Å². The minimum atomic E-state index is -2.68. The van der Waals surface area contributed by atoms with Crippen LogP contribution in [0.25, 0.3) is 0 Å². The number of hydrogen-bond donors (Lipinski definition) is 0. The standard InChI is InChI=1S/C9H16O2S/c10-12(11)7-3-5-8-4-1-2-6-9(8)12/h8-9H,1-7H2/t8-,9-/m1/s1. The van der Waals surface area contributed by atoms with Gasteiger partial charge in [0.15, 0.2) is 9.84 Å². The maximum atomic E-state index is 11.6. The molecule has 0 aromatic rings. The van der Waals surface area contributed by atoms with Gasteiger partial charge in [-0.1, -0.05) is 12.8 Å². The van der Waals surface area contributed by atoms with E-state index in [-0.39, 0.29) is 5.25 Å². The van der Waals surface area contributed by atoms with Crippen LogP contribution in [0.1, 0.15) is 38.5 Å². The van der Waals surface area contributed by atoms with Crippen molar-refractivity contribution in [1.29, 1.82) is 0 Å². The third kappa shape index (κ3) is 1.39. The molecule has 0 aromatic heterocycles. The highest BCUT2D eigenvalue weighted by molar-refractivity contribution is 7.92. The van der Waals surface area contributed by atoms with Crippen LogP contribution in [0, 0.1) is 5.92 Å². The highest BCUT2D eigenvalue weighted by Crippen LogP contribution is 2.36. The van der Waals surface area contributed by atoms with Gasteiger partial charge in [0.1, 0.15) is 0 Å². The van der Waals surface area contributed by atoms with Gasteiger partial charge in [-0.2, -0.15) is 0 Å². The summed E-state index contributed by atoms with van der Waals surface area (Å²) in [6, 6.07) is 0. The first kappa shape index (κ1) is 8.54. The second-order valence-electron chi connectivity index (χ2n) is 4.09. The summed E-state index contributed by atoms with van der Waals surface area (Å²) in [6.07, 6.45) is 6.53. The molecule has 1 aliphatic heterocycles. The molecule has 1 saturated heterocycles. The molecule has 0 amide bonds. The Morgan fingerprint density at radius 3 is 2.33 bits per heavy atom. The Labute approximate surface area is 74.3 Å². The molecule has 12 heavy (non-hydrogen) atoms. The lowest BCUT2D eigenvalue weighted by Gasteiger charge is -2.34. The fourth-order valence-corrected chi connectivity index (χ4v) is 4.93. The van der Waals surface area contributed by atoms with Gasteiger partial charge in [-0.25, -0.2) is 8.42 Å². The van der Waals surface area contributed by atoms with Crippen LogP contribution >= 0.6 is 0 Å². The Bertz CT molecular complexity index is 254. The molecule has 2 nitrogen and oxygen atoms in total. The fraction of sp³-hybridized carbons (Fsp3) is 1.00. The smallest absolute Gasteiger partial charge is 0.153 e. The Morgan fingerprint density at radius 2 is 1.58 bits per heavy atom. The summed E-state index contributed by atoms with van der Waals surface area (Å²) in [7, 11) is -2.68. The zero-order valence-corrected chi connectivity index (χ0v) is 8.15. The molecule has 0 unspecified atom stereocenters. The molecule has 1 heterocycles. The molecule has 2 rings (SSSR count). The van der Waals surface area contributed by atoms with Crippen LogP contribution in [0.15, 0.2) is 0 Å². The quantitative estimate of drug-likeness (QED) is 0.580. The van der Waals surface area contributed by atoms with Gasteiger partial charge in [0.2, 0.25) is 0 Å². The van der Waals surface area contributed by atoms with Crippen molar-refractivity contribution in [2.75, 3.05) is 5.75 Å². The van der Waals surface area contributed by atoms with Crippen molar-refractivity contribution >= 4 is 9.84 Å². The van der Waals surface area contributed by atoms with Crippen molar-refractivity contribution < 1.29 is 8.42 Å². The summed E-state index contributed by atoms with van der Waals surface area (Å²) in [5, 5.41) is 0.0417. The Morgan fingerprint density at radius 1 is 0.917 bits per heavy atom. The third-order valence-corrected chi connectivity index (χ3v) is 5.71. The zero-order valence-electron chi connectivity index (χ0n) is 7.33. The molecule has 0 aromatic carbocycles. The summed E-state index contributed by atoms with van der Waals surface area (Å²) < 4.78 is 23.2. The predicted molar refractivity (Wildman–Crippen MR) is 48.8 cm³/mol. The van der Waals surface area contributed by atoms with E-state index in [4.69, 9.17) is 0 Å². The van der Waals surface area contributed by atoms with E-state index in [0.29, 0.717) is 11.7 Å². The van der Waals surface area contributed by atoms with Gasteiger partial charge in [0.05, 0.1) is 11.0 Å². The van der Waals surface area contributed by atoms with Gasteiger partial charge >= 0.3 is 0 Å². The molecule has 3 heteroatoms. The predicted octanol–water partition coefficient (Wildman–Crippen LogP) is 1.75. The molecule has 0 N–H and O–H groups in total. The van der Waals surface area contributed by atoms with Gasteiger partial charge in [0.25, 0.3) is 0 Å². The summed E-state index contributed by atoms with van der Waals surface area (Å²) in [5.74, 6) is 0.964. The van der Waals surface area contributed by atoms with Crippen LogP contribution in [0.3, 0.4) is 0 Å². The summed E-state index contributed by atoms with van der Waals surface area (Å²) >= 11 is 0. The minimum absolute atomic E-state index is 0.0417. The molecule has 70 valence electrons. The number of sulfone groups is 1. The van der Waals surface area contributed by atoms with Crippen LogP contribution in [0.5, 0.6) is 0 Å². The Kier molecular flexibility index (Phi) is 2.15. The second-order valence-corrected chi connectivity index (χ2v) is 6.43. The van der Waals surface area contributed by atoms with Crippen molar-refractivity contribution in [3.63, 3.8) is 0 Å². The molecule has 2 aliphatic rings. The number of fused-ring (bicyclic) bond motifs is 1. The van der Waals surface area contributed by atoms with Crippen LogP contribution < -0.4 is 0 Å². The zero-order chi connectivity index (χ0) is 8.60. The van der Waals surface area contributed by atoms with Crippen molar-refractivity contribution in [2.45, 2.75) is 43.8 Å². The molecule has 0 bridgehead atoms. The maximum absolute atomic E-state index is 11.6. The van der Waals surface area contributed by atoms with E-state index < -0.39 is 9.84 Å². The highest BCUT2D eigenvalue weighted by Gasteiger charge is 2.37. The Balaban J connectivity index is 2.20. The number of hydrogen-bond acceptors (Lipinski definition) is 2. The first-order chi connectivity index (χ1) is 5.70. The normalized spacial score (nSPS) is 40.3. The fourth-order valence-electron chi connectivity index (χ4n) is 2.67. The Hall–Kier alpha value is -0.0500. The van der Waals surface area contributed by atoms with Gasteiger partial charge in [-0.3, -0.25) is 0 Å². The lowest BCUT2D eigenvalue weighted by Crippen LogP contribution is -2.38. The lowest BCUT2D eigenvalue weighted by atomic mass is 9.85. The van der Waals surface area contributed by atoms with E-state index in [1.54, 1.807) is 0 Å². The second kappa shape index (κ2) is 3.02. The van der Waals surface area contributed by atoms with Gasteiger partial charge < -0.3 is 0 Å². The minimum Gasteiger partial charge on any atom is -0.229 e. The largest absolute Gasteiger partial charge is 0.229 e. The summed E-state index contributed by atoms with van der Waals surface area (Å²) in [6.45, 7) is 0. The average molecular weight is 188 g/mol. The molecule has 0 spiro atoms. The van der Waals surface area contributed by atoms with Crippen molar-refractivity contribution in [1.82, 2.24) is 0 Å².